The van der Waals surface area contributed by atoms with Gasteiger partial charge in [0.25, 0.3) is 5.91 Å². The molecule has 1 heterocycles. The number of hydrogen-bond donors (Lipinski definition) is 2. The molecule has 72 valence electrons. The Kier molecular flexibility index (Phi) is 3.29. The molecule has 0 bridgehead atoms. The molecule has 0 atom stereocenters. The molecule has 0 aromatic carbocycles. The minimum absolute atomic E-state index is 0.356. The number of hydroxylamine groups is 1. The van der Waals surface area contributed by atoms with Gasteiger partial charge in [-0.1, -0.05) is 0 Å². The molecule has 0 saturated carbocycles. The first-order valence-corrected chi connectivity index (χ1v) is 5.00. The first kappa shape index (κ1) is 10.5. The van der Waals surface area contributed by atoms with Gasteiger partial charge in [0.05, 0.1) is 11.6 Å². The number of rotatable bonds is 2. The van der Waals surface area contributed by atoms with Crippen LogP contribution in [-0.4, -0.2) is 18.2 Å². The van der Waals surface area contributed by atoms with Gasteiger partial charge in [-0.15, -0.1) is 11.3 Å². The number of carbonyl (C=O) groups is 1. The molecule has 1 aromatic heterocycles. The third-order valence-electron chi connectivity index (χ3n) is 1.48. The van der Waals surface area contributed by atoms with Crippen LogP contribution in [0.15, 0.2) is 4.47 Å². The van der Waals surface area contributed by atoms with Crippen molar-refractivity contribution in [3.63, 3.8) is 0 Å². The molecule has 0 radical (unpaired) electrons. The number of methoxy groups -OCH3 is 1. The summed E-state index contributed by atoms with van der Waals surface area (Å²) in [5.41, 5.74) is 1.57. The van der Waals surface area contributed by atoms with E-state index >= 15 is 0 Å². The molecule has 2 N–H and O–H groups in total. The molecule has 0 aliphatic rings. The van der Waals surface area contributed by atoms with E-state index in [4.69, 9.17) is 9.94 Å². The maximum absolute atomic E-state index is 11.1. The predicted molar refractivity (Wildman–Crippen MR) is 52.6 cm³/mol. The van der Waals surface area contributed by atoms with Crippen molar-refractivity contribution in [2.45, 2.75) is 6.92 Å². The van der Waals surface area contributed by atoms with E-state index in [0.29, 0.717) is 10.6 Å². The number of carbonyl (C=O) groups excluding carboxylic acids is 1. The molecule has 1 amide bonds. The highest BCUT2D eigenvalue weighted by Gasteiger charge is 2.19. The Hall–Kier alpha value is -0.590. The Morgan fingerprint density at radius 2 is 2.31 bits per heavy atom. The van der Waals surface area contributed by atoms with Crippen molar-refractivity contribution in [3.05, 3.63) is 14.2 Å². The van der Waals surface area contributed by atoms with E-state index in [2.05, 4.69) is 15.9 Å². The average molecular weight is 266 g/mol. The number of hydrogen-bond acceptors (Lipinski definition) is 4. The lowest BCUT2D eigenvalue weighted by Gasteiger charge is -2.00. The molecule has 0 spiro atoms. The van der Waals surface area contributed by atoms with Gasteiger partial charge in [-0.2, -0.15) is 0 Å². The fourth-order valence-corrected chi connectivity index (χ4v) is 2.53. The second-order valence-corrected chi connectivity index (χ2v) is 4.29. The Morgan fingerprint density at radius 1 is 1.69 bits per heavy atom. The minimum atomic E-state index is -0.560. The molecule has 0 aliphatic heterocycles. The minimum Gasteiger partial charge on any atom is -0.494 e. The molecule has 0 aliphatic carbocycles. The van der Waals surface area contributed by atoms with E-state index in [1.807, 2.05) is 6.92 Å². The number of aryl methyl sites for hydroxylation is 1. The van der Waals surface area contributed by atoms with E-state index in [-0.39, 0.29) is 0 Å². The molecule has 1 rings (SSSR count). The molecule has 4 nitrogen and oxygen atoms in total. The fourth-order valence-electron chi connectivity index (χ4n) is 0.886. The first-order valence-electron chi connectivity index (χ1n) is 3.39. The zero-order valence-corrected chi connectivity index (χ0v) is 9.45. The number of amides is 1. The first-order chi connectivity index (χ1) is 6.11. The normalized spacial score (nSPS) is 9.85. The van der Waals surface area contributed by atoms with E-state index < -0.39 is 5.91 Å². The largest absolute Gasteiger partial charge is 0.494 e. The van der Waals surface area contributed by atoms with Crippen LogP contribution in [-0.2, 0) is 0 Å². The molecule has 13 heavy (non-hydrogen) atoms. The molecule has 0 unspecified atom stereocenters. The van der Waals surface area contributed by atoms with Gasteiger partial charge in [-0.05, 0) is 22.9 Å². The van der Waals surface area contributed by atoms with Gasteiger partial charge in [-0.3, -0.25) is 10.0 Å². The number of nitrogens with one attached hydrogen (secondary N) is 1. The van der Waals surface area contributed by atoms with E-state index in [0.717, 1.165) is 9.35 Å². The van der Waals surface area contributed by atoms with Crippen LogP contribution >= 0.6 is 27.3 Å². The van der Waals surface area contributed by atoms with Crippen LogP contribution in [0.25, 0.3) is 0 Å². The molecular formula is C7H8BrNO3S. The summed E-state index contributed by atoms with van der Waals surface area (Å²) in [5.74, 6) is -0.107. The summed E-state index contributed by atoms with van der Waals surface area (Å²) in [5, 5.41) is 8.44. The lowest BCUT2D eigenvalue weighted by atomic mass is 10.4. The number of thiophene rings is 1. The van der Waals surface area contributed by atoms with Crippen molar-refractivity contribution in [2.24, 2.45) is 0 Å². The van der Waals surface area contributed by atoms with Gasteiger partial charge < -0.3 is 4.74 Å². The Labute approximate surface area is 87.6 Å². The smallest absolute Gasteiger partial charge is 0.288 e. The van der Waals surface area contributed by atoms with Crippen molar-refractivity contribution in [2.75, 3.05) is 7.11 Å². The maximum atomic E-state index is 11.1. The summed E-state index contributed by atoms with van der Waals surface area (Å²) in [4.78, 5) is 12.4. The zero-order valence-electron chi connectivity index (χ0n) is 7.05. The predicted octanol–water partition coefficient (Wildman–Crippen LogP) is 1.95. The van der Waals surface area contributed by atoms with Crippen LogP contribution in [0.5, 0.6) is 5.75 Å². The summed E-state index contributed by atoms with van der Waals surface area (Å²) in [6.45, 7) is 1.85. The molecule has 1 aromatic rings. The van der Waals surface area contributed by atoms with E-state index in [1.165, 1.54) is 18.4 Å². The van der Waals surface area contributed by atoms with Crippen LogP contribution in [0, 0.1) is 6.92 Å². The second kappa shape index (κ2) is 4.08. The van der Waals surface area contributed by atoms with Crippen molar-refractivity contribution >= 4 is 33.2 Å². The Balaban J connectivity index is 3.21. The van der Waals surface area contributed by atoms with Gasteiger partial charge in [0.1, 0.15) is 4.88 Å². The summed E-state index contributed by atoms with van der Waals surface area (Å²) < 4.78 is 5.76. The lowest BCUT2D eigenvalue weighted by molar-refractivity contribution is 0.0708. The van der Waals surface area contributed by atoms with E-state index in [9.17, 15) is 4.79 Å². The van der Waals surface area contributed by atoms with Crippen molar-refractivity contribution in [1.29, 1.82) is 0 Å². The van der Waals surface area contributed by atoms with Gasteiger partial charge in [0, 0.05) is 4.88 Å². The van der Waals surface area contributed by atoms with Crippen LogP contribution in [0.1, 0.15) is 14.5 Å². The highest BCUT2D eigenvalue weighted by molar-refractivity contribution is 9.10. The summed E-state index contributed by atoms with van der Waals surface area (Å²) in [6, 6.07) is 0. The van der Waals surface area contributed by atoms with Crippen LogP contribution < -0.4 is 10.2 Å². The lowest BCUT2D eigenvalue weighted by Crippen LogP contribution is -2.17. The summed E-state index contributed by atoms with van der Waals surface area (Å²) in [7, 11) is 1.47. The number of ether oxygens (including phenoxy) is 1. The topological polar surface area (TPSA) is 58.6 Å². The van der Waals surface area contributed by atoms with Gasteiger partial charge in [0.15, 0.2) is 5.75 Å². The summed E-state index contributed by atoms with van der Waals surface area (Å²) in [6.07, 6.45) is 0. The van der Waals surface area contributed by atoms with E-state index in [1.54, 1.807) is 5.48 Å². The second-order valence-electron chi connectivity index (χ2n) is 2.28. The fraction of sp³-hybridized carbons (Fsp3) is 0.286. The monoisotopic (exact) mass is 265 g/mol. The van der Waals surface area contributed by atoms with Gasteiger partial charge in [-0.25, -0.2) is 5.48 Å². The van der Waals surface area contributed by atoms with Gasteiger partial charge in [0.2, 0.25) is 0 Å². The quantitative estimate of drug-likeness (QED) is 0.635. The van der Waals surface area contributed by atoms with Crippen molar-refractivity contribution in [1.82, 2.24) is 5.48 Å². The summed E-state index contributed by atoms with van der Waals surface area (Å²) >= 11 is 4.54. The molecular weight excluding hydrogens is 258 g/mol. The average Bonchev–Trinajstić information content (AvgIpc) is 2.42. The SMILES string of the molecule is COc1c(C(=O)NO)sc(C)c1Br. The highest BCUT2D eigenvalue weighted by atomic mass is 79.9. The number of halogens is 1. The Bertz CT molecular complexity index is 337. The third-order valence-corrected chi connectivity index (χ3v) is 3.78. The highest BCUT2D eigenvalue weighted by Crippen LogP contribution is 2.38. The maximum Gasteiger partial charge on any atom is 0.288 e. The van der Waals surface area contributed by atoms with Crippen LogP contribution in [0.2, 0.25) is 0 Å². The molecule has 0 saturated heterocycles. The van der Waals surface area contributed by atoms with Crippen molar-refractivity contribution < 1.29 is 14.7 Å². The molecule has 0 fully saturated rings. The van der Waals surface area contributed by atoms with Crippen LogP contribution in [0.4, 0.5) is 0 Å². The zero-order chi connectivity index (χ0) is 10.0. The Morgan fingerprint density at radius 3 is 2.77 bits per heavy atom. The van der Waals surface area contributed by atoms with Crippen LogP contribution in [0.3, 0.4) is 0 Å². The van der Waals surface area contributed by atoms with Crippen molar-refractivity contribution in [3.8, 4) is 5.75 Å². The third kappa shape index (κ3) is 1.84. The standard InChI is InChI=1S/C7H8BrNO3S/c1-3-4(8)5(12-2)6(13-3)7(10)9-11/h11H,1-2H3,(H,9,10). The van der Waals surface area contributed by atoms with Gasteiger partial charge >= 0.3 is 0 Å². The molecule has 6 heteroatoms.